The minimum atomic E-state index is -4.38. The molecule has 0 heterocycles. The van der Waals surface area contributed by atoms with Gasteiger partial charge in [0.15, 0.2) is 0 Å². The van der Waals surface area contributed by atoms with Gasteiger partial charge in [-0.05, 0) is 36.6 Å². The van der Waals surface area contributed by atoms with Gasteiger partial charge in [0.1, 0.15) is 11.5 Å². The van der Waals surface area contributed by atoms with Crippen LogP contribution in [-0.4, -0.2) is 13.0 Å². The van der Waals surface area contributed by atoms with Crippen molar-refractivity contribution in [3.8, 4) is 17.2 Å². The number of ether oxygens (including phenoxy) is 1. The molecule has 0 aliphatic rings. The van der Waals surface area contributed by atoms with E-state index in [9.17, 15) is 13.5 Å². The zero-order valence-electron chi connectivity index (χ0n) is 14.6. The van der Waals surface area contributed by atoms with Crippen LogP contribution in [0, 0.1) is 0 Å². The summed E-state index contributed by atoms with van der Waals surface area (Å²) < 4.78 is 36.9. The summed E-state index contributed by atoms with van der Waals surface area (Å²) in [5, 5.41) is 11.8. The first-order valence-electron chi connectivity index (χ1n) is 7.95. The summed E-state index contributed by atoms with van der Waals surface area (Å²) in [5.74, 6) is -0.114. The van der Waals surface area contributed by atoms with Gasteiger partial charge in [-0.2, -0.15) is 8.42 Å². The van der Waals surface area contributed by atoms with Gasteiger partial charge in [0.2, 0.25) is 0 Å². The summed E-state index contributed by atoms with van der Waals surface area (Å²) in [7, 11) is -4.38. The van der Waals surface area contributed by atoms with Gasteiger partial charge in [0.25, 0.3) is 10.1 Å². The summed E-state index contributed by atoms with van der Waals surface area (Å²) in [4.78, 5) is -0.368. The molecule has 2 rings (SSSR count). The van der Waals surface area contributed by atoms with Crippen molar-refractivity contribution in [3.05, 3.63) is 48.0 Å². The Bertz CT molecular complexity index is 790. The Balaban J connectivity index is 0.00000312. The van der Waals surface area contributed by atoms with E-state index in [4.69, 9.17) is 9.29 Å². The van der Waals surface area contributed by atoms with E-state index in [-0.39, 0.29) is 40.2 Å². The SMILES string of the molecule is CCCCCCc1cccc(Oc2cc(S(=O)(=O)O)ccc2[O-])c1.[Na+]. The maximum Gasteiger partial charge on any atom is 1.00 e. The first-order chi connectivity index (χ1) is 11.4. The van der Waals surface area contributed by atoms with Crippen molar-refractivity contribution in [2.24, 2.45) is 0 Å². The topological polar surface area (TPSA) is 86.7 Å². The van der Waals surface area contributed by atoms with Crippen LogP contribution in [0.3, 0.4) is 0 Å². The summed E-state index contributed by atoms with van der Waals surface area (Å²) in [6.07, 6.45) is 5.56. The van der Waals surface area contributed by atoms with Gasteiger partial charge in [-0.3, -0.25) is 4.55 Å². The Labute approximate surface area is 171 Å². The monoisotopic (exact) mass is 372 g/mol. The number of unbranched alkanes of at least 4 members (excludes halogenated alkanes) is 3. The minimum absolute atomic E-state index is 0. The van der Waals surface area contributed by atoms with Crippen LogP contribution in [0.15, 0.2) is 47.4 Å². The molecule has 2 aromatic rings. The second-order valence-electron chi connectivity index (χ2n) is 5.64. The van der Waals surface area contributed by atoms with Crippen LogP contribution >= 0.6 is 0 Å². The molecule has 5 nitrogen and oxygen atoms in total. The van der Waals surface area contributed by atoms with Crippen molar-refractivity contribution in [2.75, 3.05) is 0 Å². The van der Waals surface area contributed by atoms with Crippen LogP contribution in [0.1, 0.15) is 38.2 Å². The van der Waals surface area contributed by atoms with Gasteiger partial charge in [-0.25, -0.2) is 0 Å². The molecule has 0 spiro atoms. The average Bonchev–Trinajstić information content (AvgIpc) is 2.53. The molecule has 0 bridgehead atoms. The molecule has 0 aliphatic carbocycles. The van der Waals surface area contributed by atoms with E-state index in [2.05, 4.69) is 6.92 Å². The molecule has 7 heteroatoms. The molecule has 0 saturated carbocycles. The van der Waals surface area contributed by atoms with Crippen molar-refractivity contribution in [1.29, 1.82) is 0 Å². The molecule has 1 N–H and O–H groups in total. The fourth-order valence-electron chi connectivity index (χ4n) is 2.38. The average molecular weight is 372 g/mol. The van der Waals surface area contributed by atoms with Crippen LogP contribution in [-0.2, 0) is 16.5 Å². The van der Waals surface area contributed by atoms with Crippen LogP contribution < -0.4 is 39.4 Å². The first-order valence-corrected chi connectivity index (χ1v) is 9.39. The van der Waals surface area contributed by atoms with E-state index in [1.54, 1.807) is 6.07 Å². The van der Waals surface area contributed by atoms with Gasteiger partial charge in [-0.1, -0.05) is 50.1 Å². The summed E-state index contributed by atoms with van der Waals surface area (Å²) >= 11 is 0. The number of aryl methyl sites for hydroxylation is 1. The molecular weight excluding hydrogens is 351 g/mol. The van der Waals surface area contributed by atoms with E-state index in [1.807, 2.05) is 18.2 Å². The smallest absolute Gasteiger partial charge is 0.870 e. The maximum absolute atomic E-state index is 11.8. The van der Waals surface area contributed by atoms with Crippen molar-refractivity contribution in [3.63, 3.8) is 0 Å². The third-order valence-corrected chi connectivity index (χ3v) is 4.51. The van der Waals surface area contributed by atoms with Crippen LogP contribution in [0.2, 0.25) is 0 Å². The zero-order valence-corrected chi connectivity index (χ0v) is 17.4. The molecular formula is C18H21NaO5S. The first kappa shape index (κ1) is 22.0. The van der Waals surface area contributed by atoms with Gasteiger partial charge in [-0.15, -0.1) is 0 Å². The maximum atomic E-state index is 11.8. The van der Waals surface area contributed by atoms with Crippen LogP contribution in [0.25, 0.3) is 0 Å². The number of rotatable bonds is 8. The number of hydrogen-bond donors (Lipinski definition) is 1. The standard InChI is InChI=1S/C18H22O5S.Na/c1-2-3-4-5-7-14-8-6-9-15(12-14)23-18-13-16(24(20,21)22)10-11-17(18)19;/h6,8-13,19H,2-5,7H2,1H3,(H,20,21,22);/q;+1/p-1. The molecule has 2 aromatic carbocycles. The zero-order chi connectivity index (χ0) is 17.6. The van der Waals surface area contributed by atoms with Crippen LogP contribution in [0.5, 0.6) is 17.2 Å². The molecule has 130 valence electrons. The van der Waals surface area contributed by atoms with E-state index < -0.39 is 15.9 Å². The van der Waals surface area contributed by atoms with E-state index in [1.165, 1.54) is 19.3 Å². The van der Waals surface area contributed by atoms with Gasteiger partial charge in [0.05, 0.1) is 4.90 Å². The Morgan fingerprint density at radius 2 is 1.84 bits per heavy atom. The van der Waals surface area contributed by atoms with Gasteiger partial charge in [0, 0.05) is 6.07 Å². The molecule has 0 fully saturated rings. The molecule has 0 radical (unpaired) electrons. The summed E-state index contributed by atoms with van der Waals surface area (Å²) in [6, 6.07) is 10.5. The molecule has 0 unspecified atom stereocenters. The molecule has 0 amide bonds. The Hall–Kier alpha value is -1.05. The molecule has 0 aromatic heterocycles. The van der Waals surface area contributed by atoms with Crippen molar-refractivity contribution in [1.82, 2.24) is 0 Å². The summed E-state index contributed by atoms with van der Waals surface area (Å²) in [6.45, 7) is 2.16. The van der Waals surface area contributed by atoms with E-state index in [0.717, 1.165) is 36.6 Å². The van der Waals surface area contributed by atoms with Gasteiger partial charge >= 0.3 is 29.6 Å². The molecule has 0 aliphatic heterocycles. The van der Waals surface area contributed by atoms with Crippen molar-refractivity contribution in [2.45, 2.75) is 43.9 Å². The minimum Gasteiger partial charge on any atom is -0.870 e. The Morgan fingerprint density at radius 3 is 2.52 bits per heavy atom. The van der Waals surface area contributed by atoms with Crippen molar-refractivity contribution >= 4 is 10.1 Å². The number of benzene rings is 2. The van der Waals surface area contributed by atoms with Gasteiger partial charge < -0.3 is 9.84 Å². The van der Waals surface area contributed by atoms with E-state index >= 15 is 0 Å². The van der Waals surface area contributed by atoms with Crippen LogP contribution in [0.4, 0.5) is 0 Å². The Morgan fingerprint density at radius 1 is 1.08 bits per heavy atom. The predicted molar refractivity (Wildman–Crippen MR) is 90.1 cm³/mol. The van der Waals surface area contributed by atoms with E-state index in [0.29, 0.717) is 5.75 Å². The third kappa shape index (κ3) is 6.99. The normalized spacial score (nSPS) is 11.0. The molecule has 25 heavy (non-hydrogen) atoms. The second-order valence-corrected chi connectivity index (χ2v) is 7.07. The fraction of sp³-hybridized carbons (Fsp3) is 0.333. The predicted octanol–water partition coefficient (Wildman–Crippen LogP) is 0.926. The molecule has 0 saturated heterocycles. The second kappa shape index (κ2) is 10.2. The third-order valence-electron chi connectivity index (χ3n) is 3.66. The fourth-order valence-corrected chi connectivity index (χ4v) is 2.87. The Kier molecular flexibility index (Phi) is 8.96. The number of hydrogen-bond acceptors (Lipinski definition) is 4. The quantitative estimate of drug-likeness (QED) is 0.423. The largest absolute Gasteiger partial charge is 1.00 e. The van der Waals surface area contributed by atoms with Crippen molar-refractivity contribution < 1.29 is 52.4 Å². The molecule has 0 atom stereocenters. The summed E-state index contributed by atoms with van der Waals surface area (Å²) in [5.41, 5.74) is 1.10.